The number of fused-ring (bicyclic) bond motifs is 11. The van der Waals surface area contributed by atoms with Crippen molar-refractivity contribution in [3.63, 3.8) is 0 Å². The highest BCUT2D eigenvalue weighted by Gasteiger charge is 2.51. The molecule has 5 heteroatoms. The van der Waals surface area contributed by atoms with Gasteiger partial charge in [-0.15, -0.1) is 0 Å². The number of hydrogen-bond acceptors (Lipinski definition) is 5. The van der Waals surface area contributed by atoms with Crippen LogP contribution < -0.4 is 10.1 Å². The zero-order valence-electron chi connectivity index (χ0n) is 29.9. The van der Waals surface area contributed by atoms with Crippen molar-refractivity contribution in [2.75, 3.05) is 0 Å². The van der Waals surface area contributed by atoms with E-state index in [1.165, 1.54) is 49.7 Å². The molecule has 5 aliphatic rings. The monoisotopic (exact) mass is 697 g/mol. The first-order chi connectivity index (χ1) is 26.5. The first-order valence-electron chi connectivity index (χ1n) is 18.9. The topological polar surface area (TPSA) is 59.1 Å². The number of amidine groups is 2. The van der Waals surface area contributed by atoms with Crippen LogP contribution in [0.4, 0.5) is 0 Å². The van der Waals surface area contributed by atoms with E-state index in [-0.39, 0.29) is 6.10 Å². The Morgan fingerprint density at radius 3 is 2.44 bits per heavy atom. The standard InChI is InChI=1S/C49H35N3O2/c1-27-22-23-30-29(26-27)12-7-15-33(30)46-50-47(36-17-8-20-40-43(36)34-13-3-4-19-39(34)53-40)52-48(51-46)38-18-9-21-41-49(38,2)37-25-24-32-31-14-5-10-28-11-6-16-35(42(28)31)44(32)45(37)54-41/h3-25,27,41,46H,26H2,1-2H3,(H,50,51,52). The lowest BCUT2D eigenvalue weighted by Gasteiger charge is -2.36. The number of rotatable bonds is 3. The van der Waals surface area contributed by atoms with Crippen molar-refractivity contribution in [3.05, 3.63) is 167 Å². The van der Waals surface area contributed by atoms with Crippen LogP contribution >= 0.6 is 0 Å². The van der Waals surface area contributed by atoms with Crippen LogP contribution in [-0.4, -0.2) is 17.8 Å². The van der Waals surface area contributed by atoms with Gasteiger partial charge in [-0.25, -0.2) is 9.98 Å². The van der Waals surface area contributed by atoms with E-state index in [1.54, 1.807) is 0 Å². The minimum atomic E-state index is -0.513. The van der Waals surface area contributed by atoms with E-state index in [0.29, 0.717) is 5.92 Å². The molecule has 5 nitrogen and oxygen atoms in total. The molecule has 54 heavy (non-hydrogen) atoms. The molecule has 1 N–H and O–H groups in total. The van der Waals surface area contributed by atoms with E-state index >= 15 is 0 Å². The van der Waals surface area contributed by atoms with E-state index in [2.05, 4.69) is 141 Å². The molecule has 12 rings (SSSR count). The summed E-state index contributed by atoms with van der Waals surface area (Å²) in [5.41, 5.74) is 13.0. The number of allylic oxidation sites excluding steroid dienone is 3. The quantitative estimate of drug-likeness (QED) is 0.200. The van der Waals surface area contributed by atoms with Crippen LogP contribution in [0.1, 0.15) is 47.8 Å². The normalized spacial score (nSPS) is 22.9. The van der Waals surface area contributed by atoms with Crippen LogP contribution in [-0.2, 0) is 11.8 Å². The molecule has 6 aromatic carbocycles. The fourth-order valence-electron chi connectivity index (χ4n) is 9.81. The van der Waals surface area contributed by atoms with Crippen LogP contribution in [0.5, 0.6) is 5.75 Å². The van der Waals surface area contributed by atoms with Crippen molar-refractivity contribution < 1.29 is 9.15 Å². The zero-order valence-corrected chi connectivity index (χ0v) is 29.9. The number of furan rings is 1. The highest BCUT2D eigenvalue weighted by molar-refractivity contribution is 6.24. The summed E-state index contributed by atoms with van der Waals surface area (Å²) in [5.74, 6) is 3.04. The number of hydrogen-bond donors (Lipinski definition) is 1. The fourth-order valence-corrected chi connectivity index (χ4v) is 9.81. The smallest absolute Gasteiger partial charge is 0.170 e. The van der Waals surface area contributed by atoms with Crippen molar-refractivity contribution >= 4 is 50.5 Å². The van der Waals surface area contributed by atoms with Gasteiger partial charge in [0.25, 0.3) is 0 Å². The molecule has 3 aliphatic carbocycles. The van der Waals surface area contributed by atoms with Crippen molar-refractivity contribution in [3.8, 4) is 28.0 Å². The Morgan fingerprint density at radius 2 is 1.52 bits per heavy atom. The number of benzene rings is 6. The zero-order chi connectivity index (χ0) is 35.7. The minimum Gasteiger partial charge on any atom is -0.484 e. The summed E-state index contributed by atoms with van der Waals surface area (Å²) in [6.07, 6.45) is 11.5. The largest absolute Gasteiger partial charge is 0.484 e. The van der Waals surface area contributed by atoms with E-state index in [1.807, 2.05) is 18.2 Å². The third kappa shape index (κ3) is 3.99. The molecule has 0 amide bonds. The summed E-state index contributed by atoms with van der Waals surface area (Å²) in [7, 11) is 0. The van der Waals surface area contributed by atoms with Crippen LogP contribution in [0.2, 0.25) is 0 Å². The first kappa shape index (κ1) is 30.0. The second kappa shape index (κ2) is 10.8. The SMILES string of the molecule is CC1C=Cc2c(cccc2C2N=C(C3=CC=CC4Oc5c(ccc6c5-c5cccc7cccc-6c57)C34C)NC(c3cccc4oc5ccccc5c34)=N2)C1. The van der Waals surface area contributed by atoms with Gasteiger partial charge in [0.1, 0.15) is 34.7 Å². The lowest BCUT2D eigenvalue weighted by atomic mass is 9.69. The van der Waals surface area contributed by atoms with Gasteiger partial charge in [0, 0.05) is 38.6 Å². The molecule has 0 bridgehead atoms. The maximum atomic E-state index is 7.08. The fraction of sp³-hybridized carbons (Fsp3) is 0.143. The molecule has 3 heterocycles. The Labute approximate surface area is 312 Å². The number of ether oxygens (including phenoxy) is 1. The van der Waals surface area contributed by atoms with Crippen molar-refractivity contribution in [2.24, 2.45) is 15.9 Å². The molecule has 0 saturated carbocycles. The second-order valence-corrected chi connectivity index (χ2v) is 15.5. The Balaban J connectivity index is 1.05. The van der Waals surface area contributed by atoms with Crippen molar-refractivity contribution in [1.82, 2.24) is 5.32 Å². The molecule has 0 spiro atoms. The van der Waals surface area contributed by atoms with E-state index in [0.717, 1.165) is 62.5 Å². The van der Waals surface area contributed by atoms with E-state index in [4.69, 9.17) is 19.1 Å². The molecule has 4 unspecified atom stereocenters. The molecule has 1 aromatic heterocycles. The van der Waals surface area contributed by atoms with Gasteiger partial charge in [-0.2, -0.15) is 0 Å². The second-order valence-electron chi connectivity index (χ2n) is 15.5. The minimum absolute atomic E-state index is 0.206. The third-order valence-electron chi connectivity index (χ3n) is 12.4. The van der Waals surface area contributed by atoms with Gasteiger partial charge < -0.3 is 14.5 Å². The summed E-state index contributed by atoms with van der Waals surface area (Å²) < 4.78 is 13.4. The van der Waals surface area contributed by atoms with Crippen LogP contribution in [0, 0.1) is 5.92 Å². The van der Waals surface area contributed by atoms with Crippen LogP contribution in [0.3, 0.4) is 0 Å². The molecule has 0 fully saturated rings. The van der Waals surface area contributed by atoms with Crippen LogP contribution in [0.15, 0.2) is 153 Å². The first-order valence-corrected chi connectivity index (χ1v) is 18.9. The third-order valence-corrected chi connectivity index (χ3v) is 12.4. The van der Waals surface area contributed by atoms with Gasteiger partial charge in [0.2, 0.25) is 0 Å². The average Bonchev–Trinajstić information content (AvgIpc) is 3.85. The maximum absolute atomic E-state index is 7.08. The molecular formula is C49H35N3O2. The lowest BCUT2D eigenvalue weighted by molar-refractivity contribution is 0.225. The molecular weight excluding hydrogens is 663 g/mol. The van der Waals surface area contributed by atoms with Gasteiger partial charge in [-0.1, -0.05) is 128 Å². The van der Waals surface area contributed by atoms with Gasteiger partial charge in [-0.05, 0) is 76.1 Å². The molecule has 0 saturated heterocycles. The molecule has 2 aliphatic heterocycles. The number of para-hydroxylation sites is 1. The van der Waals surface area contributed by atoms with Crippen molar-refractivity contribution in [2.45, 2.75) is 38.0 Å². The summed E-state index contributed by atoms with van der Waals surface area (Å²) in [6, 6.07) is 38.9. The highest BCUT2D eigenvalue weighted by Crippen LogP contribution is 2.59. The Morgan fingerprint density at radius 1 is 0.722 bits per heavy atom. The molecule has 0 radical (unpaired) electrons. The average molecular weight is 698 g/mol. The highest BCUT2D eigenvalue weighted by atomic mass is 16.5. The Kier molecular flexibility index (Phi) is 6.01. The number of aliphatic imine (C=N–C) groups is 2. The summed E-state index contributed by atoms with van der Waals surface area (Å²) >= 11 is 0. The summed E-state index contributed by atoms with van der Waals surface area (Å²) in [5, 5.41) is 8.47. The molecule has 4 atom stereocenters. The number of nitrogens with one attached hydrogen (secondary N) is 1. The van der Waals surface area contributed by atoms with Crippen LogP contribution in [0.25, 0.3) is 61.0 Å². The summed E-state index contributed by atoms with van der Waals surface area (Å²) in [4.78, 5) is 11.0. The van der Waals surface area contributed by atoms with Gasteiger partial charge in [0.15, 0.2) is 6.17 Å². The van der Waals surface area contributed by atoms with Crippen molar-refractivity contribution in [1.29, 1.82) is 0 Å². The van der Waals surface area contributed by atoms with Gasteiger partial charge >= 0.3 is 0 Å². The predicted molar refractivity (Wildman–Crippen MR) is 219 cm³/mol. The van der Waals surface area contributed by atoms with E-state index in [9.17, 15) is 0 Å². The lowest BCUT2D eigenvalue weighted by Crippen LogP contribution is -2.46. The van der Waals surface area contributed by atoms with E-state index < -0.39 is 11.6 Å². The van der Waals surface area contributed by atoms with Gasteiger partial charge in [-0.3, -0.25) is 0 Å². The Bertz CT molecular complexity index is 2970. The maximum Gasteiger partial charge on any atom is 0.170 e. The molecule has 258 valence electrons. The summed E-state index contributed by atoms with van der Waals surface area (Å²) in [6.45, 7) is 4.59. The predicted octanol–water partition coefficient (Wildman–Crippen LogP) is 11.3. The van der Waals surface area contributed by atoms with Gasteiger partial charge in [0.05, 0.1) is 5.41 Å². The Hall–Kier alpha value is -6.46. The number of nitrogens with zero attached hydrogens (tertiary/aromatic N) is 2. The molecule has 7 aromatic rings.